The monoisotopic (exact) mass is 232 g/mol. The second-order valence-corrected chi connectivity index (χ2v) is 4.21. The molecule has 0 saturated carbocycles. The maximum absolute atomic E-state index is 5.82. The van der Waals surface area contributed by atoms with Crippen molar-refractivity contribution in [3.05, 3.63) is 30.5 Å². The van der Waals surface area contributed by atoms with Gasteiger partial charge in [0.1, 0.15) is 18.5 Å². The number of fused-ring (bicyclic) bond motifs is 1. The first-order valence-electron chi connectivity index (χ1n) is 5.95. The Morgan fingerprint density at radius 2 is 2.35 bits per heavy atom. The molecule has 0 bridgehead atoms. The van der Waals surface area contributed by atoms with Gasteiger partial charge in [-0.3, -0.25) is 0 Å². The highest BCUT2D eigenvalue weighted by atomic mass is 16.5. The Labute approximate surface area is 99.9 Å². The molecule has 0 radical (unpaired) electrons. The summed E-state index contributed by atoms with van der Waals surface area (Å²) >= 11 is 0. The number of ether oxygens (including phenoxy) is 2. The maximum Gasteiger partial charge on any atom is 0.143 e. The number of aromatic nitrogens is 1. The minimum atomic E-state index is 0.147. The number of rotatable bonds is 3. The van der Waals surface area contributed by atoms with Crippen LogP contribution in [0.15, 0.2) is 30.5 Å². The van der Waals surface area contributed by atoms with Gasteiger partial charge in [-0.25, -0.2) is 0 Å². The molecular formula is C13H16N2O2. The predicted octanol–water partition coefficient (Wildman–Crippen LogP) is 1.54. The van der Waals surface area contributed by atoms with Gasteiger partial charge in [-0.2, -0.15) is 0 Å². The Morgan fingerprint density at radius 3 is 3.24 bits per heavy atom. The molecule has 0 aliphatic carbocycles. The van der Waals surface area contributed by atoms with Crippen LogP contribution in [0.2, 0.25) is 0 Å². The van der Waals surface area contributed by atoms with Gasteiger partial charge in [0.05, 0.1) is 12.1 Å². The van der Waals surface area contributed by atoms with Crippen LogP contribution in [-0.2, 0) is 4.74 Å². The summed E-state index contributed by atoms with van der Waals surface area (Å²) in [6, 6.07) is 8.10. The van der Waals surface area contributed by atoms with Crippen molar-refractivity contribution in [1.29, 1.82) is 0 Å². The first-order valence-corrected chi connectivity index (χ1v) is 5.95. The SMILES string of the molecule is c1cc(OCC2CNCCO2)c2[nH]ccc2c1. The third-order valence-corrected chi connectivity index (χ3v) is 2.98. The minimum absolute atomic E-state index is 0.147. The largest absolute Gasteiger partial charge is 0.489 e. The van der Waals surface area contributed by atoms with Gasteiger partial charge in [0.25, 0.3) is 0 Å². The van der Waals surface area contributed by atoms with E-state index in [4.69, 9.17) is 9.47 Å². The summed E-state index contributed by atoms with van der Waals surface area (Å²) in [5.74, 6) is 0.890. The lowest BCUT2D eigenvalue weighted by Crippen LogP contribution is -2.41. The van der Waals surface area contributed by atoms with Gasteiger partial charge in [0.15, 0.2) is 0 Å². The molecule has 1 aliphatic heterocycles. The molecule has 0 spiro atoms. The Balaban J connectivity index is 1.69. The Hall–Kier alpha value is -1.52. The van der Waals surface area contributed by atoms with E-state index in [1.165, 1.54) is 5.39 Å². The number of benzene rings is 1. The van der Waals surface area contributed by atoms with Gasteiger partial charge in [-0.1, -0.05) is 12.1 Å². The number of hydrogen-bond donors (Lipinski definition) is 2. The van der Waals surface area contributed by atoms with Crippen LogP contribution < -0.4 is 10.1 Å². The van der Waals surface area contributed by atoms with Crippen LogP contribution >= 0.6 is 0 Å². The zero-order valence-corrected chi connectivity index (χ0v) is 9.61. The fourth-order valence-electron chi connectivity index (χ4n) is 2.09. The smallest absolute Gasteiger partial charge is 0.143 e. The van der Waals surface area contributed by atoms with Crippen LogP contribution in [0.4, 0.5) is 0 Å². The van der Waals surface area contributed by atoms with E-state index in [2.05, 4.69) is 16.4 Å². The lowest BCUT2D eigenvalue weighted by molar-refractivity contribution is 0.000480. The molecule has 1 atom stereocenters. The van der Waals surface area contributed by atoms with Gasteiger partial charge < -0.3 is 19.8 Å². The van der Waals surface area contributed by atoms with Crippen molar-refractivity contribution >= 4 is 10.9 Å². The van der Waals surface area contributed by atoms with Crippen LogP contribution in [0, 0.1) is 0 Å². The molecule has 4 nitrogen and oxygen atoms in total. The van der Waals surface area contributed by atoms with Crippen molar-refractivity contribution in [2.75, 3.05) is 26.3 Å². The molecule has 3 rings (SSSR count). The summed E-state index contributed by atoms with van der Waals surface area (Å²) in [6.07, 6.45) is 2.07. The summed E-state index contributed by atoms with van der Waals surface area (Å²) in [4.78, 5) is 3.19. The molecule has 1 aliphatic rings. The normalized spacial score (nSPS) is 20.6. The summed E-state index contributed by atoms with van der Waals surface area (Å²) < 4.78 is 11.4. The summed E-state index contributed by atoms with van der Waals surface area (Å²) in [5, 5.41) is 4.46. The molecule has 2 aromatic rings. The van der Waals surface area contributed by atoms with E-state index >= 15 is 0 Å². The highest BCUT2D eigenvalue weighted by molar-refractivity contribution is 5.85. The third kappa shape index (κ3) is 2.28. The number of hydrogen-bond acceptors (Lipinski definition) is 3. The molecule has 1 saturated heterocycles. The van der Waals surface area contributed by atoms with Crippen LogP contribution in [0.1, 0.15) is 0 Å². The number of nitrogens with one attached hydrogen (secondary N) is 2. The number of aromatic amines is 1. The van der Waals surface area contributed by atoms with E-state index in [1.54, 1.807) is 0 Å². The Kier molecular flexibility index (Phi) is 2.98. The van der Waals surface area contributed by atoms with E-state index in [0.29, 0.717) is 6.61 Å². The van der Waals surface area contributed by atoms with Gasteiger partial charge in [0, 0.05) is 24.7 Å². The highest BCUT2D eigenvalue weighted by Crippen LogP contribution is 2.23. The zero-order chi connectivity index (χ0) is 11.5. The van der Waals surface area contributed by atoms with Crippen LogP contribution in [0.5, 0.6) is 5.75 Å². The van der Waals surface area contributed by atoms with E-state index < -0.39 is 0 Å². The summed E-state index contributed by atoms with van der Waals surface area (Å²) in [6.45, 7) is 3.15. The molecule has 1 unspecified atom stereocenters. The maximum atomic E-state index is 5.82. The summed E-state index contributed by atoms with van der Waals surface area (Å²) in [7, 11) is 0. The zero-order valence-electron chi connectivity index (χ0n) is 9.61. The standard InChI is InChI=1S/C13H16N2O2/c1-2-10-4-5-15-13(10)12(3-1)17-9-11-8-14-6-7-16-11/h1-5,11,14-15H,6-9H2. The molecule has 17 heavy (non-hydrogen) atoms. The van der Waals surface area contributed by atoms with Gasteiger partial charge in [-0.15, -0.1) is 0 Å². The van der Waals surface area contributed by atoms with E-state index in [1.807, 2.05) is 24.4 Å². The number of H-pyrrole nitrogens is 1. The number of para-hydroxylation sites is 1. The first kappa shape index (κ1) is 10.6. The second kappa shape index (κ2) is 4.77. The first-order chi connectivity index (χ1) is 8.43. The van der Waals surface area contributed by atoms with Crippen molar-refractivity contribution in [1.82, 2.24) is 10.3 Å². The molecule has 2 N–H and O–H groups in total. The fraction of sp³-hybridized carbons (Fsp3) is 0.385. The fourth-order valence-corrected chi connectivity index (χ4v) is 2.09. The lowest BCUT2D eigenvalue weighted by atomic mass is 10.2. The van der Waals surface area contributed by atoms with E-state index in [0.717, 1.165) is 31.0 Å². The Bertz CT molecular complexity index is 489. The van der Waals surface area contributed by atoms with Crippen LogP contribution in [-0.4, -0.2) is 37.4 Å². The molecule has 0 amide bonds. The Morgan fingerprint density at radius 1 is 1.35 bits per heavy atom. The predicted molar refractivity (Wildman–Crippen MR) is 66.4 cm³/mol. The highest BCUT2D eigenvalue weighted by Gasteiger charge is 2.14. The van der Waals surface area contributed by atoms with Gasteiger partial charge in [-0.05, 0) is 12.1 Å². The quantitative estimate of drug-likeness (QED) is 0.843. The molecule has 1 fully saturated rings. The molecular weight excluding hydrogens is 216 g/mol. The molecule has 90 valence electrons. The molecule has 4 heteroatoms. The molecule has 1 aromatic heterocycles. The topological polar surface area (TPSA) is 46.3 Å². The van der Waals surface area contributed by atoms with Crippen molar-refractivity contribution < 1.29 is 9.47 Å². The average molecular weight is 232 g/mol. The van der Waals surface area contributed by atoms with Crippen molar-refractivity contribution in [2.45, 2.75) is 6.10 Å². The summed E-state index contributed by atoms with van der Waals surface area (Å²) in [5.41, 5.74) is 1.05. The number of morpholine rings is 1. The van der Waals surface area contributed by atoms with Crippen LogP contribution in [0.25, 0.3) is 10.9 Å². The van der Waals surface area contributed by atoms with Gasteiger partial charge >= 0.3 is 0 Å². The van der Waals surface area contributed by atoms with Gasteiger partial charge in [0.2, 0.25) is 0 Å². The van der Waals surface area contributed by atoms with Crippen molar-refractivity contribution in [3.63, 3.8) is 0 Å². The van der Waals surface area contributed by atoms with Crippen molar-refractivity contribution in [2.24, 2.45) is 0 Å². The van der Waals surface area contributed by atoms with Crippen molar-refractivity contribution in [3.8, 4) is 5.75 Å². The lowest BCUT2D eigenvalue weighted by Gasteiger charge is -2.23. The third-order valence-electron chi connectivity index (χ3n) is 2.98. The van der Waals surface area contributed by atoms with E-state index in [9.17, 15) is 0 Å². The molecule has 1 aromatic carbocycles. The van der Waals surface area contributed by atoms with E-state index in [-0.39, 0.29) is 6.10 Å². The average Bonchev–Trinajstić information content (AvgIpc) is 2.86. The second-order valence-electron chi connectivity index (χ2n) is 4.21. The van der Waals surface area contributed by atoms with Crippen LogP contribution in [0.3, 0.4) is 0 Å². The minimum Gasteiger partial charge on any atom is -0.489 e. The molecule has 2 heterocycles.